The molecule has 120 valence electrons. The van der Waals surface area contributed by atoms with Crippen LogP contribution in [-0.4, -0.2) is 25.2 Å². The molecular formula is C19H22N2O2. The Hall–Kier alpha value is -2.46. The molecule has 0 spiro atoms. The Morgan fingerprint density at radius 2 is 1.91 bits per heavy atom. The molecular weight excluding hydrogens is 288 g/mol. The van der Waals surface area contributed by atoms with Gasteiger partial charge in [-0.15, -0.1) is 0 Å². The lowest BCUT2D eigenvalue weighted by Gasteiger charge is -2.20. The van der Waals surface area contributed by atoms with Crippen LogP contribution in [0.25, 0.3) is 10.9 Å². The van der Waals surface area contributed by atoms with Crippen molar-refractivity contribution in [3.63, 3.8) is 0 Å². The number of hydrogen-bond acceptors (Lipinski definition) is 3. The zero-order valence-electron chi connectivity index (χ0n) is 13.5. The highest BCUT2D eigenvalue weighted by Gasteiger charge is 2.22. The van der Waals surface area contributed by atoms with E-state index in [4.69, 9.17) is 15.2 Å². The number of benzene rings is 2. The molecule has 0 aliphatic heterocycles. The van der Waals surface area contributed by atoms with Crippen LogP contribution in [0.1, 0.15) is 24.0 Å². The summed E-state index contributed by atoms with van der Waals surface area (Å²) < 4.78 is 11.3. The Bertz CT molecular complexity index is 795. The van der Waals surface area contributed by atoms with Crippen molar-refractivity contribution in [1.82, 2.24) is 4.98 Å². The van der Waals surface area contributed by atoms with E-state index in [1.165, 1.54) is 10.9 Å². The van der Waals surface area contributed by atoms with Gasteiger partial charge in [0.1, 0.15) is 0 Å². The largest absolute Gasteiger partial charge is 0.493 e. The van der Waals surface area contributed by atoms with Gasteiger partial charge < -0.3 is 20.2 Å². The second kappa shape index (κ2) is 6.75. The number of rotatable bonds is 6. The Morgan fingerprint density at radius 3 is 2.65 bits per heavy atom. The number of hydrogen-bond donors (Lipinski definition) is 2. The molecule has 0 saturated heterocycles. The quantitative estimate of drug-likeness (QED) is 0.730. The van der Waals surface area contributed by atoms with Gasteiger partial charge in [0, 0.05) is 35.1 Å². The van der Waals surface area contributed by atoms with Crippen molar-refractivity contribution in [2.45, 2.75) is 12.8 Å². The molecule has 1 atom stereocenters. The van der Waals surface area contributed by atoms with Crippen LogP contribution in [0, 0.1) is 0 Å². The number of fused-ring (bicyclic) bond motifs is 1. The summed E-state index contributed by atoms with van der Waals surface area (Å²) in [7, 11) is 1.66. The monoisotopic (exact) mass is 310 g/mol. The molecule has 4 nitrogen and oxygen atoms in total. The highest BCUT2D eigenvalue weighted by molar-refractivity contribution is 5.84. The summed E-state index contributed by atoms with van der Waals surface area (Å²) >= 11 is 0. The van der Waals surface area contributed by atoms with Gasteiger partial charge in [0.2, 0.25) is 0 Å². The van der Waals surface area contributed by atoms with E-state index in [0.717, 1.165) is 22.6 Å². The van der Waals surface area contributed by atoms with Crippen LogP contribution in [-0.2, 0) is 0 Å². The lowest BCUT2D eigenvalue weighted by Crippen LogP contribution is -2.15. The number of ether oxygens (including phenoxy) is 2. The first-order chi connectivity index (χ1) is 11.3. The molecule has 0 amide bonds. The van der Waals surface area contributed by atoms with Crippen LogP contribution in [0.4, 0.5) is 0 Å². The molecule has 23 heavy (non-hydrogen) atoms. The van der Waals surface area contributed by atoms with Gasteiger partial charge in [-0.05, 0) is 24.6 Å². The highest BCUT2D eigenvalue weighted by atomic mass is 16.5. The second-order valence-electron chi connectivity index (χ2n) is 5.39. The van der Waals surface area contributed by atoms with E-state index >= 15 is 0 Å². The summed E-state index contributed by atoms with van der Waals surface area (Å²) in [4.78, 5) is 3.33. The van der Waals surface area contributed by atoms with Gasteiger partial charge >= 0.3 is 0 Å². The Balaban J connectivity index is 2.14. The lowest BCUT2D eigenvalue weighted by molar-refractivity contribution is 0.306. The van der Waals surface area contributed by atoms with Gasteiger partial charge in [0.25, 0.3) is 0 Å². The minimum absolute atomic E-state index is 0.0443. The summed E-state index contributed by atoms with van der Waals surface area (Å²) in [5.41, 5.74) is 9.48. The van der Waals surface area contributed by atoms with E-state index in [9.17, 15) is 0 Å². The molecule has 3 N–H and O–H groups in total. The summed E-state index contributed by atoms with van der Waals surface area (Å²) in [6.07, 6.45) is 2.04. The third-order valence-electron chi connectivity index (χ3n) is 4.13. The molecule has 1 heterocycles. The van der Waals surface area contributed by atoms with Gasteiger partial charge in [0.15, 0.2) is 11.5 Å². The number of aromatic amines is 1. The second-order valence-corrected chi connectivity index (χ2v) is 5.39. The Kier molecular flexibility index (Phi) is 4.53. The molecule has 0 aliphatic carbocycles. The maximum atomic E-state index is 6.13. The average molecular weight is 310 g/mol. The molecule has 3 aromatic rings. The molecule has 2 aromatic carbocycles. The van der Waals surface area contributed by atoms with E-state index in [0.29, 0.717) is 13.2 Å². The number of methoxy groups -OCH3 is 1. The lowest BCUT2D eigenvalue weighted by atomic mass is 9.90. The molecule has 0 saturated carbocycles. The van der Waals surface area contributed by atoms with Crippen LogP contribution >= 0.6 is 0 Å². The fourth-order valence-corrected chi connectivity index (χ4v) is 3.07. The number of para-hydroxylation sites is 2. The maximum Gasteiger partial charge on any atom is 0.164 e. The number of aromatic nitrogens is 1. The predicted octanol–water partition coefficient (Wildman–Crippen LogP) is 3.67. The number of nitrogens with one attached hydrogen (secondary N) is 1. The van der Waals surface area contributed by atoms with Gasteiger partial charge in [-0.3, -0.25) is 0 Å². The van der Waals surface area contributed by atoms with Crippen molar-refractivity contribution in [1.29, 1.82) is 0 Å². The van der Waals surface area contributed by atoms with Crippen molar-refractivity contribution in [2.24, 2.45) is 5.73 Å². The molecule has 4 heteroatoms. The zero-order chi connectivity index (χ0) is 16.2. The fourth-order valence-electron chi connectivity index (χ4n) is 3.07. The SMILES string of the molecule is CCOc1c(OC)cccc1[C@H](CN)c1c[nH]c2ccccc12. The van der Waals surface area contributed by atoms with Crippen LogP contribution in [0.5, 0.6) is 11.5 Å². The topological polar surface area (TPSA) is 60.3 Å². The number of nitrogens with two attached hydrogens (primary N) is 1. The minimum Gasteiger partial charge on any atom is -0.493 e. The van der Waals surface area contributed by atoms with E-state index in [-0.39, 0.29) is 5.92 Å². The molecule has 0 radical (unpaired) electrons. The molecule has 0 bridgehead atoms. The van der Waals surface area contributed by atoms with Crippen LogP contribution < -0.4 is 15.2 Å². The van der Waals surface area contributed by atoms with Gasteiger partial charge in [-0.2, -0.15) is 0 Å². The van der Waals surface area contributed by atoms with Gasteiger partial charge in [-0.25, -0.2) is 0 Å². The fraction of sp³-hybridized carbons (Fsp3) is 0.263. The molecule has 0 unspecified atom stereocenters. The predicted molar refractivity (Wildman–Crippen MR) is 93.4 cm³/mol. The highest BCUT2D eigenvalue weighted by Crippen LogP contribution is 2.39. The average Bonchev–Trinajstić information content (AvgIpc) is 3.01. The van der Waals surface area contributed by atoms with E-state index in [1.807, 2.05) is 37.4 Å². The van der Waals surface area contributed by atoms with E-state index in [1.54, 1.807) is 7.11 Å². The normalized spacial score (nSPS) is 12.3. The van der Waals surface area contributed by atoms with Gasteiger partial charge in [0.05, 0.1) is 13.7 Å². The first-order valence-electron chi connectivity index (χ1n) is 7.85. The van der Waals surface area contributed by atoms with Crippen molar-refractivity contribution >= 4 is 10.9 Å². The van der Waals surface area contributed by atoms with Crippen molar-refractivity contribution < 1.29 is 9.47 Å². The molecule has 0 fully saturated rings. The summed E-state index contributed by atoms with van der Waals surface area (Å²) in [6.45, 7) is 3.05. The van der Waals surface area contributed by atoms with E-state index < -0.39 is 0 Å². The van der Waals surface area contributed by atoms with Crippen LogP contribution in [0.15, 0.2) is 48.7 Å². The summed E-state index contributed by atoms with van der Waals surface area (Å²) in [5.74, 6) is 1.56. The first-order valence-corrected chi connectivity index (χ1v) is 7.85. The summed E-state index contributed by atoms with van der Waals surface area (Å²) in [6, 6.07) is 14.2. The Labute approximate surface area is 136 Å². The van der Waals surface area contributed by atoms with Crippen LogP contribution in [0.2, 0.25) is 0 Å². The minimum atomic E-state index is 0.0443. The third kappa shape index (κ3) is 2.78. The van der Waals surface area contributed by atoms with Gasteiger partial charge in [-0.1, -0.05) is 30.3 Å². The van der Waals surface area contributed by atoms with Crippen molar-refractivity contribution in [3.05, 3.63) is 59.8 Å². The molecule has 0 aliphatic rings. The van der Waals surface area contributed by atoms with Crippen molar-refractivity contribution in [2.75, 3.05) is 20.3 Å². The Morgan fingerprint density at radius 1 is 1.09 bits per heavy atom. The number of H-pyrrole nitrogens is 1. The zero-order valence-corrected chi connectivity index (χ0v) is 13.5. The molecule has 1 aromatic heterocycles. The smallest absolute Gasteiger partial charge is 0.164 e. The van der Waals surface area contributed by atoms with Crippen LogP contribution in [0.3, 0.4) is 0 Å². The molecule has 3 rings (SSSR count). The van der Waals surface area contributed by atoms with E-state index in [2.05, 4.69) is 23.2 Å². The summed E-state index contributed by atoms with van der Waals surface area (Å²) in [5, 5.41) is 1.19. The maximum absolute atomic E-state index is 6.13. The first kappa shape index (κ1) is 15.4. The van der Waals surface area contributed by atoms with Crippen molar-refractivity contribution in [3.8, 4) is 11.5 Å². The standard InChI is InChI=1S/C19H22N2O2/c1-3-23-19-14(8-6-10-18(19)22-2)15(11-20)16-12-21-17-9-5-4-7-13(16)17/h4-10,12,15,21H,3,11,20H2,1-2H3/t15-/m0/s1. The third-order valence-corrected chi connectivity index (χ3v) is 4.13.